The molecular weight excluding hydrogens is 447 g/mol. The number of aromatic amines is 1. The van der Waals surface area contributed by atoms with Crippen LogP contribution < -0.4 is 11.2 Å². The summed E-state index contributed by atoms with van der Waals surface area (Å²) in [5.74, 6) is 0. The minimum atomic E-state index is -0.551. The molecule has 2 N–H and O–H groups in total. The molecule has 1 aliphatic heterocycles. The van der Waals surface area contributed by atoms with Gasteiger partial charge < -0.3 is 0 Å². The van der Waals surface area contributed by atoms with Crippen molar-refractivity contribution in [3.05, 3.63) is 32.6 Å². The molecular formula is C11H15FrN2O4. The Morgan fingerprint density at radius 3 is 2.89 bits per heavy atom. The van der Waals surface area contributed by atoms with Gasteiger partial charge in [-0.15, -0.1) is 0 Å². The number of ether oxygens (including phenoxy) is 1. The maximum atomic E-state index is 11.8. The fraction of sp³-hybridized carbons (Fsp3) is 0.636. The molecule has 94 valence electrons. The average Bonchev–Trinajstić information content (AvgIpc) is 2.70. The van der Waals surface area contributed by atoms with Gasteiger partial charge in [-0.25, -0.2) is 0 Å². The topological polar surface area (TPSA) is 84.3 Å². The van der Waals surface area contributed by atoms with E-state index in [-0.39, 0.29) is 59.2 Å². The van der Waals surface area contributed by atoms with Crippen LogP contribution in [0.1, 0.15) is 31.6 Å². The van der Waals surface area contributed by atoms with Gasteiger partial charge in [-0.2, -0.15) is 0 Å². The number of nitrogens with one attached hydrogen (secondary N) is 1. The van der Waals surface area contributed by atoms with E-state index in [0.717, 1.165) is 0.741 Å². The molecule has 6 nitrogen and oxygen atoms in total. The Morgan fingerprint density at radius 1 is 1.61 bits per heavy atom. The first kappa shape index (κ1) is 14.6. The zero-order valence-corrected chi connectivity index (χ0v) is 18.8. The Morgan fingerprint density at radius 2 is 2.33 bits per heavy atom. The Balaban J connectivity index is 2.35. The molecule has 0 saturated carbocycles. The van der Waals surface area contributed by atoms with E-state index < -0.39 is 18.0 Å². The molecule has 1 unspecified atom stereocenters. The zero-order chi connectivity index (χ0) is 13.3. The summed E-state index contributed by atoms with van der Waals surface area (Å²) < 4.78 is 7.81. The SMILES string of the molecule is CC[C@H]1O[C@@H](n2cc([CH2][Fr])c(=O)[nH]c2=O)CC1O. The maximum absolute atomic E-state index is 11.8. The van der Waals surface area contributed by atoms with Crippen LogP contribution in [0.3, 0.4) is 0 Å². The second-order valence-corrected chi connectivity index (χ2v) is 7.42. The van der Waals surface area contributed by atoms with Crippen molar-refractivity contribution in [2.45, 2.75) is 38.9 Å². The predicted octanol–water partition coefficient (Wildman–Crippen LogP) is -0.356. The van der Waals surface area contributed by atoms with Crippen LogP contribution in [0.5, 0.6) is 0 Å². The third kappa shape index (κ3) is 2.86. The van der Waals surface area contributed by atoms with Crippen molar-refractivity contribution in [2.24, 2.45) is 0 Å². The van der Waals surface area contributed by atoms with Crippen LogP contribution in [0.4, 0.5) is 0 Å². The number of H-pyrrole nitrogens is 1. The molecule has 1 aromatic rings. The zero-order valence-electron chi connectivity index (χ0n) is 10.5. The second kappa shape index (κ2) is 6.10. The number of rotatable bonds is 3. The van der Waals surface area contributed by atoms with Gasteiger partial charge in [-0.1, -0.05) is 0 Å². The number of nitrogens with zero attached hydrogens (tertiary/aromatic N) is 1. The summed E-state index contributed by atoms with van der Waals surface area (Å²) in [5, 5.41) is 9.79. The van der Waals surface area contributed by atoms with Gasteiger partial charge in [-0.3, -0.25) is 0 Å². The molecule has 0 aromatic carbocycles. The van der Waals surface area contributed by atoms with Crippen LogP contribution in [0.15, 0.2) is 15.8 Å². The van der Waals surface area contributed by atoms with E-state index in [4.69, 9.17) is 4.74 Å². The molecule has 1 fully saturated rings. The Hall–Kier alpha value is 0.197. The van der Waals surface area contributed by atoms with E-state index in [2.05, 4.69) is 4.98 Å². The van der Waals surface area contributed by atoms with Crippen molar-refractivity contribution in [1.29, 1.82) is 0 Å². The van der Waals surface area contributed by atoms with Crippen molar-refractivity contribution in [2.75, 3.05) is 0 Å². The molecule has 1 aliphatic rings. The first-order chi connectivity index (χ1) is 8.56. The Kier molecular flexibility index (Phi) is 4.95. The number of aliphatic hydroxyl groups is 1. The van der Waals surface area contributed by atoms with Crippen molar-refractivity contribution in [1.82, 2.24) is 9.55 Å². The van der Waals surface area contributed by atoms with Gasteiger partial charge in [0, 0.05) is 0 Å². The third-order valence-electron chi connectivity index (χ3n) is 3.34. The quantitative estimate of drug-likeness (QED) is 0.644. The van der Waals surface area contributed by atoms with E-state index >= 15 is 0 Å². The molecule has 0 bridgehead atoms. The van der Waals surface area contributed by atoms with E-state index in [1.165, 1.54) is 4.57 Å². The number of hydrogen-bond acceptors (Lipinski definition) is 4. The van der Waals surface area contributed by atoms with Gasteiger partial charge in [0.05, 0.1) is 0 Å². The van der Waals surface area contributed by atoms with Crippen LogP contribution in [-0.2, 0) is 5.48 Å². The summed E-state index contributed by atoms with van der Waals surface area (Å²) >= 11 is 0.203. The van der Waals surface area contributed by atoms with E-state index in [9.17, 15) is 14.7 Å². The summed E-state index contributed by atoms with van der Waals surface area (Å²) in [4.78, 5) is 25.6. The molecule has 0 aliphatic carbocycles. The van der Waals surface area contributed by atoms with Crippen molar-refractivity contribution < 1.29 is 57.3 Å². The second-order valence-electron chi connectivity index (χ2n) is 4.51. The van der Waals surface area contributed by atoms with Crippen LogP contribution in [0, 0.1) is 47.5 Å². The summed E-state index contributed by atoms with van der Waals surface area (Å²) in [6.07, 6.45) is 1.41. The Labute approximate surface area is 137 Å². The fourth-order valence-electron chi connectivity index (χ4n) is 2.25. The molecule has 1 saturated heterocycles. The number of aromatic nitrogens is 2. The predicted molar refractivity (Wildman–Crippen MR) is 59.9 cm³/mol. The Bertz CT molecular complexity index is 539. The molecule has 18 heavy (non-hydrogen) atoms. The van der Waals surface area contributed by atoms with Gasteiger partial charge in [0.1, 0.15) is 0 Å². The van der Waals surface area contributed by atoms with Crippen molar-refractivity contribution in [3.63, 3.8) is 0 Å². The molecule has 7 heteroatoms. The molecule has 2 rings (SSSR count). The summed E-state index contributed by atoms with van der Waals surface area (Å²) in [5.41, 5.74) is -0.132. The fourth-order valence-corrected chi connectivity index (χ4v) is 4.32. The monoisotopic (exact) mass is 462 g/mol. The molecule has 0 spiro atoms. The molecule has 0 amide bonds. The van der Waals surface area contributed by atoms with Crippen LogP contribution in [0.25, 0.3) is 0 Å². The molecule has 1 aromatic heterocycles. The first-order valence-corrected chi connectivity index (χ1v) is 12.1. The molecule has 2 heterocycles. The van der Waals surface area contributed by atoms with Gasteiger partial charge in [0.15, 0.2) is 0 Å². The van der Waals surface area contributed by atoms with Gasteiger partial charge in [0.25, 0.3) is 0 Å². The first-order valence-electron chi connectivity index (χ1n) is 6.24. The molecule has 0 radical (unpaired) electrons. The molecule has 3 atom stereocenters. The van der Waals surface area contributed by atoms with Crippen molar-refractivity contribution >= 4 is 0 Å². The van der Waals surface area contributed by atoms with Crippen molar-refractivity contribution in [3.8, 4) is 0 Å². The number of aliphatic hydroxyl groups excluding tert-OH is 1. The summed E-state index contributed by atoms with van der Waals surface area (Å²) in [7, 11) is 0. The summed E-state index contributed by atoms with van der Waals surface area (Å²) in [6, 6.07) is 0. The summed E-state index contributed by atoms with van der Waals surface area (Å²) in [6.45, 7) is 1.93. The minimum absolute atomic E-state index is 0.203. The standard InChI is InChI=1S/C11H15N2O4.Fr/c1-3-8-7(14)4-9(17-8)13-5-6(2)10(15)12-11(13)16;/h5,7-9,14H,2-4H2,1H3,(H,12,15,16);/t7?,8-,9-;/m1./s1. The third-order valence-corrected chi connectivity index (χ3v) is 6.47. The van der Waals surface area contributed by atoms with Gasteiger partial charge in [-0.05, 0) is 0 Å². The van der Waals surface area contributed by atoms with E-state index in [1.54, 1.807) is 6.20 Å². The van der Waals surface area contributed by atoms with E-state index in [0.29, 0.717) is 18.4 Å². The van der Waals surface area contributed by atoms with Gasteiger partial charge >= 0.3 is 138 Å². The number of hydrogen-bond donors (Lipinski definition) is 2. The van der Waals surface area contributed by atoms with Crippen LogP contribution in [-0.4, -0.2) is 26.9 Å². The average molecular weight is 462 g/mol. The van der Waals surface area contributed by atoms with Crippen LogP contribution in [0.2, 0.25) is 0 Å². The normalized spacial score (nSPS) is 27.7. The van der Waals surface area contributed by atoms with Crippen LogP contribution >= 0.6 is 0 Å². The van der Waals surface area contributed by atoms with E-state index in [1.807, 2.05) is 6.92 Å². The van der Waals surface area contributed by atoms with Gasteiger partial charge in [0.2, 0.25) is 0 Å².